The Balaban J connectivity index is 0.00000220. The Morgan fingerprint density at radius 3 is 2.76 bits per heavy atom. The van der Waals surface area contributed by atoms with Crippen LogP contribution in [0, 0.1) is 5.92 Å². The molecule has 1 amide bonds. The lowest BCUT2D eigenvalue weighted by atomic mass is 10.1. The van der Waals surface area contributed by atoms with Crippen molar-refractivity contribution in [2.24, 2.45) is 5.92 Å². The van der Waals surface area contributed by atoms with Crippen LogP contribution >= 0.6 is 12.4 Å². The van der Waals surface area contributed by atoms with E-state index in [1.807, 2.05) is 20.0 Å². The number of carbonyl (C=O) groups is 1. The topological polar surface area (TPSA) is 46.1 Å². The number of amides is 1. The SMILES string of the molecule is CCCn1ccc2ccc(NC(=O)C(C)CNC)cc21.Cl. The Morgan fingerprint density at radius 2 is 2.10 bits per heavy atom. The van der Waals surface area contributed by atoms with Crippen molar-refractivity contribution in [1.82, 2.24) is 9.88 Å². The second kappa shape index (κ2) is 8.05. The first-order chi connectivity index (χ1) is 9.65. The summed E-state index contributed by atoms with van der Waals surface area (Å²) in [6.07, 6.45) is 3.20. The molecule has 4 nitrogen and oxygen atoms in total. The van der Waals surface area contributed by atoms with Crippen LogP contribution in [0.4, 0.5) is 5.69 Å². The van der Waals surface area contributed by atoms with Gasteiger partial charge in [0.05, 0.1) is 5.52 Å². The lowest BCUT2D eigenvalue weighted by Crippen LogP contribution is -2.28. The summed E-state index contributed by atoms with van der Waals surface area (Å²) in [5.74, 6) is 0.00502. The fourth-order valence-electron chi connectivity index (χ4n) is 2.36. The maximum absolute atomic E-state index is 12.0. The number of hydrogen-bond acceptors (Lipinski definition) is 2. The molecular weight excluding hydrogens is 286 g/mol. The molecule has 0 aliphatic heterocycles. The Hall–Kier alpha value is -1.52. The molecule has 0 aliphatic rings. The van der Waals surface area contributed by atoms with Crippen LogP contribution in [-0.2, 0) is 11.3 Å². The van der Waals surface area contributed by atoms with Gasteiger partial charge in [0, 0.05) is 30.9 Å². The monoisotopic (exact) mass is 309 g/mol. The molecule has 0 spiro atoms. The van der Waals surface area contributed by atoms with Crippen molar-refractivity contribution in [1.29, 1.82) is 0 Å². The molecule has 2 rings (SSSR count). The molecule has 0 saturated carbocycles. The molecule has 2 aromatic rings. The van der Waals surface area contributed by atoms with Crippen LogP contribution in [0.15, 0.2) is 30.5 Å². The first-order valence-electron chi connectivity index (χ1n) is 7.20. The van der Waals surface area contributed by atoms with E-state index in [4.69, 9.17) is 0 Å². The highest BCUT2D eigenvalue weighted by molar-refractivity contribution is 5.95. The van der Waals surface area contributed by atoms with Crippen LogP contribution in [0.25, 0.3) is 10.9 Å². The summed E-state index contributed by atoms with van der Waals surface area (Å²) in [6.45, 7) is 5.76. The van der Waals surface area contributed by atoms with Gasteiger partial charge in [-0.05, 0) is 37.1 Å². The Kier molecular flexibility index (Phi) is 6.72. The largest absolute Gasteiger partial charge is 0.347 e. The molecule has 1 heterocycles. The summed E-state index contributed by atoms with van der Waals surface area (Å²) in [5.41, 5.74) is 2.03. The highest BCUT2D eigenvalue weighted by Crippen LogP contribution is 2.21. The van der Waals surface area contributed by atoms with Crippen molar-refractivity contribution >= 4 is 34.9 Å². The minimum absolute atomic E-state index is 0. The van der Waals surface area contributed by atoms with Gasteiger partial charge in [-0.15, -0.1) is 12.4 Å². The number of hydrogen-bond donors (Lipinski definition) is 2. The van der Waals surface area contributed by atoms with E-state index >= 15 is 0 Å². The van der Waals surface area contributed by atoms with Gasteiger partial charge in [-0.25, -0.2) is 0 Å². The lowest BCUT2D eigenvalue weighted by molar-refractivity contribution is -0.119. The molecule has 0 radical (unpaired) electrons. The van der Waals surface area contributed by atoms with Crippen molar-refractivity contribution < 1.29 is 4.79 Å². The minimum Gasteiger partial charge on any atom is -0.347 e. The van der Waals surface area contributed by atoms with Crippen LogP contribution < -0.4 is 10.6 Å². The average Bonchev–Trinajstić information content (AvgIpc) is 2.82. The Bertz CT molecular complexity index is 594. The van der Waals surface area contributed by atoms with Crippen LogP contribution in [0.5, 0.6) is 0 Å². The standard InChI is InChI=1S/C16H23N3O.ClH/c1-4-8-19-9-7-13-5-6-14(10-15(13)19)18-16(20)12(2)11-17-3;/h5-7,9-10,12,17H,4,8,11H2,1-3H3,(H,18,20);1H. The molecule has 1 aromatic heterocycles. The van der Waals surface area contributed by atoms with Gasteiger partial charge >= 0.3 is 0 Å². The zero-order valence-electron chi connectivity index (χ0n) is 12.8. The fraction of sp³-hybridized carbons (Fsp3) is 0.438. The van der Waals surface area contributed by atoms with Gasteiger partial charge in [0.15, 0.2) is 0 Å². The molecule has 0 bridgehead atoms. The highest BCUT2D eigenvalue weighted by Gasteiger charge is 2.12. The molecular formula is C16H24ClN3O. The second-order valence-corrected chi connectivity index (χ2v) is 5.23. The summed E-state index contributed by atoms with van der Waals surface area (Å²) in [7, 11) is 1.85. The maximum atomic E-state index is 12.0. The van der Waals surface area contributed by atoms with E-state index in [2.05, 4.69) is 46.5 Å². The fourth-order valence-corrected chi connectivity index (χ4v) is 2.36. The van der Waals surface area contributed by atoms with Crippen LogP contribution in [0.1, 0.15) is 20.3 Å². The van der Waals surface area contributed by atoms with Gasteiger partial charge in [-0.3, -0.25) is 4.79 Å². The lowest BCUT2D eigenvalue weighted by Gasteiger charge is -2.12. The van der Waals surface area contributed by atoms with Gasteiger partial charge in [0.1, 0.15) is 0 Å². The van der Waals surface area contributed by atoms with E-state index in [0.29, 0.717) is 6.54 Å². The molecule has 0 aliphatic carbocycles. The smallest absolute Gasteiger partial charge is 0.228 e. The average molecular weight is 310 g/mol. The number of fused-ring (bicyclic) bond motifs is 1. The van der Waals surface area contributed by atoms with Gasteiger partial charge in [-0.2, -0.15) is 0 Å². The van der Waals surface area contributed by atoms with Crippen molar-refractivity contribution in [3.05, 3.63) is 30.5 Å². The van der Waals surface area contributed by atoms with Gasteiger partial charge in [0.2, 0.25) is 5.91 Å². The van der Waals surface area contributed by atoms with E-state index in [-0.39, 0.29) is 24.2 Å². The Morgan fingerprint density at radius 1 is 1.33 bits per heavy atom. The highest BCUT2D eigenvalue weighted by atomic mass is 35.5. The van der Waals surface area contributed by atoms with E-state index in [9.17, 15) is 4.79 Å². The zero-order chi connectivity index (χ0) is 14.5. The summed E-state index contributed by atoms with van der Waals surface area (Å²) < 4.78 is 2.22. The van der Waals surface area contributed by atoms with Crippen molar-refractivity contribution in [2.45, 2.75) is 26.8 Å². The van der Waals surface area contributed by atoms with Gasteiger partial charge < -0.3 is 15.2 Å². The third-order valence-electron chi connectivity index (χ3n) is 3.46. The van der Waals surface area contributed by atoms with Gasteiger partial charge in [-0.1, -0.05) is 19.9 Å². The maximum Gasteiger partial charge on any atom is 0.228 e. The number of nitrogens with zero attached hydrogens (tertiary/aromatic N) is 1. The summed E-state index contributed by atoms with van der Waals surface area (Å²) in [5, 5.41) is 7.21. The molecule has 1 unspecified atom stereocenters. The van der Waals surface area contributed by atoms with E-state index in [1.54, 1.807) is 0 Å². The number of halogens is 1. The number of carbonyl (C=O) groups excluding carboxylic acids is 1. The predicted molar refractivity (Wildman–Crippen MR) is 91.2 cm³/mol. The number of aromatic nitrogens is 1. The Labute approximate surface area is 132 Å². The molecule has 21 heavy (non-hydrogen) atoms. The van der Waals surface area contributed by atoms with Gasteiger partial charge in [0.25, 0.3) is 0 Å². The van der Waals surface area contributed by atoms with Crippen molar-refractivity contribution in [3.63, 3.8) is 0 Å². The van der Waals surface area contributed by atoms with Crippen LogP contribution in [-0.4, -0.2) is 24.1 Å². The van der Waals surface area contributed by atoms with Crippen LogP contribution in [0.2, 0.25) is 0 Å². The summed E-state index contributed by atoms with van der Waals surface area (Å²) in [4.78, 5) is 12.0. The summed E-state index contributed by atoms with van der Waals surface area (Å²) in [6, 6.07) is 8.18. The zero-order valence-corrected chi connectivity index (χ0v) is 13.7. The number of rotatable bonds is 6. The number of benzene rings is 1. The first kappa shape index (κ1) is 17.5. The van der Waals surface area contributed by atoms with Crippen molar-refractivity contribution in [3.8, 4) is 0 Å². The second-order valence-electron chi connectivity index (χ2n) is 5.23. The van der Waals surface area contributed by atoms with E-state index in [1.165, 1.54) is 10.9 Å². The summed E-state index contributed by atoms with van der Waals surface area (Å²) >= 11 is 0. The predicted octanol–water partition coefficient (Wildman–Crippen LogP) is 3.27. The third-order valence-corrected chi connectivity index (χ3v) is 3.46. The number of anilines is 1. The quantitative estimate of drug-likeness (QED) is 0.860. The van der Waals surface area contributed by atoms with Crippen molar-refractivity contribution in [2.75, 3.05) is 18.9 Å². The number of nitrogens with one attached hydrogen (secondary N) is 2. The van der Waals surface area contributed by atoms with E-state index in [0.717, 1.165) is 18.7 Å². The molecule has 1 atom stereocenters. The molecule has 5 heteroatoms. The first-order valence-corrected chi connectivity index (χ1v) is 7.20. The molecule has 0 saturated heterocycles. The molecule has 116 valence electrons. The third kappa shape index (κ3) is 4.22. The van der Waals surface area contributed by atoms with Crippen LogP contribution in [0.3, 0.4) is 0 Å². The minimum atomic E-state index is -0.0434. The van der Waals surface area contributed by atoms with E-state index < -0.39 is 0 Å². The molecule has 2 N–H and O–H groups in total. The molecule has 1 aromatic carbocycles. The number of aryl methyl sites for hydroxylation is 1. The molecule has 0 fully saturated rings. The normalized spacial score (nSPS) is 12.0.